The highest BCUT2D eigenvalue weighted by molar-refractivity contribution is 7.98. The summed E-state index contributed by atoms with van der Waals surface area (Å²) in [7, 11) is 0. The number of carboxylic acids is 1. The second-order valence-corrected chi connectivity index (χ2v) is 6.60. The number of nitrogens with one attached hydrogen (secondary N) is 1. The van der Waals surface area contributed by atoms with Crippen LogP contribution < -0.4 is 5.32 Å². The van der Waals surface area contributed by atoms with E-state index in [0.29, 0.717) is 5.56 Å². The molecule has 0 saturated carbocycles. The number of carbonyl (C=O) groups excluding carboxylic acids is 2. The average Bonchev–Trinajstić information content (AvgIpc) is 2.56. The molecule has 0 saturated heterocycles. The van der Waals surface area contributed by atoms with Gasteiger partial charge in [-0.15, -0.1) is 0 Å². The molecule has 0 fully saturated rings. The first-order valence-corrected chi connectivity index (χ1v) is 8.97. The molecule has 1 rings (SSSR count). The van der Waals surface area contributed by atoms with Crippen LogP contribution in [0.4, 0.5) is 0 Å². The van der Waals surface area contributed by atoms with E-state index in [4.69, 9.17) is 0 Å². The lowest BCUT2D eigenvalue weighted by molar-refractivity contribution is -0.141. The summed E-state index contributed by atoms with van der Waals surface area (Å²) in [5.41, 5.74) is 1.56. The van der Waals surface area contributed by atoms with E-state index in [-0.39, 0.29) is 24.9 Å². The Morgan fingerprint density at radius 1 is 1.25 bits per heavy atom. The Morgan fingerprint density at radius 2 is 1.88 bits per heavy atom. The molecule has 0 heterocycles. The molecule has 132 valence electrons. The quantitative estimate of drug-likeness (QED) is 0.710. The first kappa shape index (κ1) is 20.0. The molecule has 0 aliphatic carbocycles. The third-order valence-corrected chi connectivity index (χ3v) is 4.43. The average molecular weight is 352 g/mol. The summed E-state index contributed by atoms with van der Waals surface area (Å²) in [4.78, 5) is 36.1. The van der Waals surface area contributed by atoms with Crippen molar-refractivity contribution >= 4 is 29.5 Å². The largest absolute Gasteiger partial charge is 0.480 e. The van der Waals surface area contributed by atoms with E-state index in [0.717, 1.165) is 17.1 Å². The van der Waals surface area contributed by atoms with Gasteiger partial charge in [0.2, 0.25) is 5.91 Å². The molecule has 24 heavy (non-hydrogen) atoms. The number of carbonyl (C=O) groups is 3. The number of aliphatic carboxylic acids is 1. The third-order valence-electron chi connectivity index (χ3n) is 3.49. The zero-order valence-electron chi connectivity index (χ0n) is 14.2. The van der Waals surface area contributed by atoms with E-state index in [2.05, 4.69) is 12.2 Å². The SMILES string of the molecule is CCSCc1ccc(C(=O)N(CCNC(C)=O)C(C)C(=O)O)cc1. The van der Waals surface area contributed by atoms with Crippen LogP contribution in [-0.2, 0) is 15.3 Å². The van der Waals surface area contributed by atoms with Gasteiger partial charge in [0.25, 0.3) is 5.91 Å². The van der Waals surface area contributed by atoms with E-state index >= 15 is 0 Å². The standard InChI is InChI=1S/C17H24N2O4S/c1-4-24-11-14-5-7-15(8-6-14)16(21)19(12(2)17(22)23)10-9-18-13(3)20/h5-8,12H,4,9-11H2,1-3H3,(H,18,20)(H,22,23). The van der Waals surface area contributed by atoms with E-state index in [1.165, 1.54) is 18.7 Å². The lowest BCUT2D eigenvalue weighted by Gasteiger charge is -2.26. The van der Waals surface area contributed by atoms with Crippen LogP contribution in [0.3, 0.4) is 0 Å². The fourth-order valence-corrected chi connectivity index (χ4v) is 2.72. The second-order valence-electron chi connectivity index (χ2n) is 5.33. The summed E-state index contributed by atoms with van der Waals surface area (Å²) in [6.45, 7) is 5.27. The number of benzene rings is 1. The van der Waals surface area contributed by atoms with Crippen molar-refractivity contribution in [2.75, 3.05) is 18.8 Å². The van der Waals surface area contributed by atoms with Crippen LogP contribution in [0.15, 0.2) is 24.3 Å². The summed E-state index contributed by atoms with van der Waals surface area (Å²) in [5, 5.41) is 11.8. The lowest BCUT2D eigenvalue weighted by atomic mass is 10.1. The summed E-state index contributed by atoms with van der Waals surface area (Å²) >= 11 is 1.79. The van der Waals surface area contributed by atoms with Crippen LogP contribution in [0, 0.1) is 0 Å². The van der Waals surface area contributed by atoms with Gasteiger partial charge in [0.1, 0.15) is 6.04 Å². The number of hydrogen-bond donors (Lipinski definition) is 2. The van der Waals surface area contributed by atoms with Gasteiger partial charge in [0.15, 0.2) is 0 Å². The van der Waals surface area contributed by atoms with Gasteiger partial charge in [-0.2, -0.15) is 11.8 Å². The monoisotopic (exact) mass is 352 g/mol. The number of rotatable bonds is 9. The lowest BCUT2D eigenvalue weighted by Crippen LogP contribution is -2.46. The minimum Gasteiger partial charge on any atom is -0.480 e. The van der Waals surface area contributed by atoms with Gasteiger partial charge in [0, 0.05) is 31.3 Å². The van der Waals surface area contributed by atoms with Gasteiger partial charge < -0.3 is 15.3 Å². The number of amides is 2. The highest BCUT2D eigenvalue weighted by Crippen LogP contribution is 2.15. The summed E-state index contributed by atoms with van der Waals surface area (Å²) in [5.74, 6) is 0.242. The van der Waals surface area contributed by atoms with Crippen LogP contribution in [0.5, 0.6) is 0 Å². The molecule has 7 heteroatoms. The molecule has 1 aromatic rings. The Bertz CT molecular complexity index is 574. The molecule has 2 N–H and O–H groups in total. The van der Waals surface area contributed by atoms with Crippen molar-refractivity contribution < 1.29 is 19.5 Å². The Hall–Kier alpha value is -2.02. The molecule has 0 aliphatic rings. The molecule has 6 nitrogen and oxygen atoms in total. The van der Waals surface area contributed by atoms with E-state index in [1.807, 2.05) is 12.1 Å². The van der Waals surface area contributed by atoms with Gasteiger partial charge in [-0.3, -0.25) is 9.59 Å². The zero-order chi connectivity index (χ0) is 18.1. The van der Waals surface area contributed by atoms with Crippen LogP contribution in [-0.4, -0.2) is 52.7 Å². The fraction of sp³-hybridized carbons (Fsp3) is 0.471. The molecular weight excluding hydrogens is 328 g/mol. The van der Waals surface area contributed by atoms with E-state index < -0.39 is 12.0 Å². The van der Waals surface area contributed by atoms with Gasteiger partial charge >= 0.3 is 5.97 Å². The zero-order valence-corrected chi connectivity index (χ0v) is 15.1. The maximum atomic E-state index is 12.6. The van der Waals surface area contributed by atoms with Crippen LogP contribution in [0.25, 0.3) is 0 Å². The smallest absolute Gasteiger partial charge is 0.326 e. The van der Waals surface area contributed by atoms with Gasteiger partial charge in [0.05, 0.1) is 0 Å². The predicted molar refractivity (Wildman–Crippen MR) is 95.1 cm³/mol. The molecule has 1 aromatic carbocycles. The molecule has 1 unspecified atom stereocenters. The van der Waals surface area contributed by atoms with Crippen LogP contribution >= 0.6 is 11.8 Å². The minimum absolute atomic E-state index is 0.138. The van der Waals surface area contributed by atoms with Crippen molar-refractivity contribution in [2.45, 2.75) is 32.6 Å². The molecule has 0 aromatic heterocycles. The first-order valence-electron chi connectivity index (χ1n) is 7.81. The molecular formula is C17H24N2O4S. The number of carboxylic acid groups (broad SMARTS) is 1. The highest BCUT2D eigenvalue weighted by Gasteiger charge is 2.26. The maximum absolute atomic E-state index is 12.6. The second kappa shape index (κ2) is 9.97. The molecule has 0 spiro atoms. The third kappa shape index (κ3) is 6.23. The van der Waals surface area contributed by atoms with Crippen molar-refractivity contribution in [3.05, 3.63) is 35.4 Å². The summed E-state index contributed by atoms with van der Waals surface area (Å²) in [6.07, 6.45) is 0. The Kier molecular flexibility index (Phi) is 8.32. The minimum atomic E-state index is -1.08. The Morgan fingerprint density at radius 3 is 2.38 bits per heavy atom. The Labute approximate surface area is 146 Å². The van der Waals surface area contributed by atoms with E-state index in [1.54, 1.807) is 23.9 Å². The maximum Gasteiger partial charge on any atom is 0.326 e. The highest BCUT2D eigenvalue weighted by atomic mass is 32.2. The number of thioether (sulfide) groups is 1. The first-order chi connectivity index (χ1) is 11.4. The van der Waals surface area contributed by atoms with Crippen molar-refractivity contribution in [3.8, 4) is 0 Å². The topological polar surface area (TPSA) is 86.7 Å². The molecule has 0 bridgehead atoms. The Balaban J connectivity index is 2.85. The number of nitrogens with zero attached hydrogens (tertiary/aromatic N) is 1. The van der Waals surface area contributed by atoms with Crippen molar-refractivity contribution in [2.24, 2.45) is 0 Å². The van der Waals surface area contributed by atoms with Crippen molar-refractivity contribution in [1.82, 2.24) is 10.2 Å². The number of hydrogen-bond acceptors (Lipinski definition) is 4. The summed E-state index contributed by atoms with van der Waals surface area (Å²) < 4.78 is 0. The molecule has 1 atom stereocenters. The van der Waals surface area contributed by atoms with Gasteiger partial charge in [-0.05, 0) is 30.4 Å². The van der Waals surface area contributed by atoms with Gasteiger partial charge in [-0.25, -0.2) is 4.79 Å². The van der Waals surface area contributed by atoms with Gasteiger partial charge in [-0.1, -0.05) is 19.1 Å². The normalized spacial score (nSPS) is 11.6. The van der Waals surface area contributed by atoms with Crippen molar-refractivity contribution in [1.29, 1.82) is 0 Å². The molecule has 0 radical (unpaired) electrons. The van der Waals surface area contributed by atoms with Crippen LogP contribution in [0.1, 0.15) is 36.7 Å². The van der Waals surface area contributed by atoms with Crippen molar-refractivity contribution in [3.63, 3.8) is 0 Å². The fourth-order valence-electron chi connectivity index (χ4n) is 2.09. The molecule has 0 aliphatic heterocycles. The van der Waals surface area contributed by atoms with Crippen LogP contribution in [0.2, 0.25) is 0 Å². The summed E-state index contributed by atoms with van der Waals surface area (Å²) in [6, 6.07) is 6.23. The predicted octanol–water partition coefficient (Wildman–Crippen LogP) is 1.99. The van der Waals surface area contributed by atoms with E-state index in [9.17, 15) is 19.5 Å². The molecule has 2 amide bonds.